The molecule has 2 aliphatic rings. The van der Waals surface area contributed by atoms with Gasteiger partial charge in [-0.2, -0.15) is 0 Å². The molecule has 0 N–H and O–H groups in total. The smallest absolute Gasteiger partial charge is 0.0287 e. The van der Waals surface area contributed by atoms with Crippen LogP contribution in [0.3, 0.4) is 0 Å². The number of hydrogen-bond acceptors (Lipinski definition) is 0. The predicted octanol–water partition coefficient (Wildman–Crippen LogP) is 3.37. The van der Waals surface area contributed by atoms with Gasteiger partial charge >= 0.3 is 0 Å². The third-order valence-corrected chi connectivity index (χ3v) is 3.37. The molecular formula is C10H18. The van der Waals surface area contributed by atoms with Crippen molar-refractivity contribution >= 4 is 0 Å². The van der Waals surface area contributed by atoms with Crippen LogP contribution in [-0.4, -0.2) is 0 Å². The molecule has 0 heteroatoms. The van der Waals surface area contributed by atoms with E-state index in [-0.39, 0.29) is 0 Å². The first-order valence-corrected chi connectivity index (χ1v) is 4.62. The maximum absolute atomic E-state index is 2.41. The summed E-state index contributed by atoms with van der Waals surface area (Å²) in [5, 5.41) is 0. The van der Waals surface area contributed by atoms with Gasteiger partial charge in [0, 0.05) is 0 Å². The standard InChI is InChI=1S/C10H18/c1-9(2)7-10(8-9)5-3-4-6-10/h3-8H2,1-2H3. The Labute approximate surface area is 64.0 Å². The fourth-order valence-electron chi connectivity index (χ4n) is 3.46. The van der Waals surface area contributed by atoms with Gasteiger partial charge in [0.1, 0.15) is 0 Å². The van der Waals surface area contributed by atoms with Crippen molar-refractivity contribution in [3.63, 3.8) is 0 Å². The van der Waals surface area contributed by atoms with Crippen molar-refractivity contribution in [3.8, 4) is 0 Å². The second kappa shape index (κ2) is 1.78. The summed E-state index contributed by atoms with van der Waals surface area (Å²) in [7, 11) is 0. The molecule has 1 spiro atoms. The van der Waals surface area contributed by atoms with Gasteiger partial charge < -0.3 is 0 Å². The third kappa shape index (κ3) is 0.889. The Bertz CT molecular complexity index is 128. The lowest BCUT2D eigenvalue weighted by Gasteiger charge is -2.51. The Kier molecular flexibility index (Phi) is 1.19. The fourth-order valence-corrected chi connectivity index (χ4v) is 3.46. The maximum Gasteiger partial charge on any atom is -0.0287 e. The first-order chi connectivity index (χ1) is 4.62. The SMILES string of the molecule is CC1(C)CC2(CCCC2)C1. The monoisotopic (exact) mass is 138 g/mol. The van der Waals surface area contributed by atoms with E-state index in [4.69, 9.17) is 0 Å². The first kappa shape index (κ1) is 6.69. The van der Waals surface area contributed by atoms with E-state index >= 15 is 0 Å². The van der Waals surface area contributed by atoms with E-state index < -0.39 is 0 Å². The van der Waals surface area contributed by atoms with Crippen molar-refractivity contribution in [1.29, 1.82) is 0 Å². The molecule has 2 fully saturated rings. The largest absolute Gasteiger partial charge is 0.0599 e. The van der Waals surface area contributed by atoms with Gasteiger partial charge in [-0.1, -0.05) is 26.7 Å². The van der Waals surface area contributed by atoms with Gasteiger partial charge in [-0.05, 0) is 36.5 Å². The quantitative estimate of drug-likeness (QED) is 0.481. The zero-order valence-electron chi connectivity index (χ0n) is 7.24. The zero-order chi connectivity index (χ0) is 7.24. The van der Waals surface area contributed by atoms with Crippen molar-refractivity contribution in [2.75, 3.05) is 0 Å². The summed E-state index contributed by atoms with van der Waals surface area (Å²) in [6.45, 7) is 4.83. The van der Waals surface area contributed by atoms with E-state index in [0.29, 0.717) is 5.41 Å². The topological polar surface area (TPSA) is 0 Å². The minimum absolute atomic E-state index is 0.699. The molecule has 0 radical (unpaired) electrons. The van der Waals surface area contributed by atoms with E-state index in [0.717, 1.165) is 5.41 Å². The highest BCUT2D eigenvalue weighted by atomic mass is 14.5. The van der Waals surface area contributed by atoms with Crippen molar-refractivity contribution in [3.05, 3.63) is 0 Å². The molecule has 0 aliphatic heterocycles. The molecule has 0 aromatic carbocycles. The van der Waals surface area contributed by atoms with Gasteiger partial charge in [0.2, 0.25) is 0 Å². The van der Waals surface area contributed by atoms with E-state index in [1.54, 1.807) is 0 Å². The normalized spacial score (nSPS) is 34.2. The second-order valence-electron chi connectivity index (χ2n) is 5.22. The van der Waals surface area contributed by atoms with Gasteiger partial charge in [0.15, 0.2) is 0 Å². The van der Waals surface area contributed by atoms with Crippen LogP contribution in [0.4, 0.5) is 0 Å². The van der Waals surface area contributed by atoms with Crippen LogP contribution < -0.4 is 0 Å². The zero-order valence-corrected chi connectivity index (χ0v) is 7.24. The number of hydrogen-bond donors (Lipinski definition) is 0. The van der Waals surface area contributed by atoms with E-state index in [9.17, 15) is 0 Å². The summed E-state index contributed by atoms with van der Waals surface area (Å²) in [6.07, 6.45) is 9.12. The van der Waals surface area contributed by atoms with Crippen LogP contribution in [0.15, 0.2) is 0 Å². The third-order valence-electron chi connectivity index (χ3n) is 3.37. The molecule has 0 heterocycles. The molecule has 58 valence electrons. The van der Waals surface area contributed by atoms with Crippen molar-refractivity contribution in [1.82, 2.24) is 0 Å². The molecule has 0 bridgehead atoms. The molecule has 2 aliphatic carbocycles. The Morgan fingerprint density at radius 2 is 1.40 bits per heavy atom. The average Bonchev–Trinajstić information content (AvgIpc) is 2.10. The Morgan fingerprint density at radius 3 is 1.80 bits per heavy atom. The summed E-state index contributed by atoms with van der Waals surface area (Å²) < 4.78 is 0. The number of rotatable bonds is 0. The second-order valence-corrected chi connectivity index (χ2v) is 5.22. The van der Waals surface area contributed by atoms with Crippen LogP contribution in [-0.2, 0) is 0 Å². The van der Waals surface area contributed by atoms with Gasteiger partial charge in [-0.3, -0.25) is 0 Å². The van der Waals surface area contributed by atoms with Crippen LogP contribution in [0.2, 0.25) is 0 Å². The molecule has 2 rings (SSSR count). The van der Waals surface area contributed by atoms with Crippen LogP contribution in [0.25, 0.3) is 0 Å². The van der Waals surface area contributed by atoms with Crippen molar-refractivity contribution in [2.24, 2.45) is 10.8 Å². The molecule has 0 aromatic rings. The predicted molar refractivity (Wildman–Crippen MR) is 43.9 cm³/mol. The Hall–Kier alpha value is 0. The highest BCUT2D eigenvalue weighted by Crippen LogP contribution is 2.61. The van der Waals surface area contributed by atoms with E-state index in [2.05, 4.69) is 13.8 Å². The average molecular weight is 138 g/mol. The molecule has 2 saturated carbocycles. The van der Waals surface area contributed by atoms with Crippen LogP contribution in [0.1, 0.15) is 52.4 Å². The lowest BCUT2D eigenvalue weighted by Crippen LogP contribution is -2.40. The van der Waals surface area contributed by atoms with Gasteiger partial charge in [-0.25, -0.2) is 0 Å². The minimum Gasteiger partial charge on any atom is -0.0599 e. The van der Waals surface area contributed by atoms with E-state index in [1.165, 1.54) is 38.5 Å². The molecule has 10 heavy (non-hydrogen) atoms. The van der Waals surface area contributed by atoms with Gasteiger partial charge in [-0.15, -0.1) is 0 Å². The molecule has 0 amide bonds. The van der Waals surface area contributed by atoms with E-state index in [1.807, 2.05) is 0 Å². The molecule has 0 saturated heterocycles. The van der Waals surface area contributed by atoms with Gasteiger partial charge in [0.25, 0.3) is 0 Å². The van der Waals surface area contributed by atoms with Gasteiger partial charge in [0.05, 0.1) is 0 Å². The lowest BCUT2D eigenvalue weighted by atomic mass is 9.54. The fraction of sp³-hybridized carbons (Fsp3) is 1.00. The summed E-state index contributed by atoms with van der Waals surface area (Å²) in [6, 6.07) is 0. The molecular weight excluding hydrogens is 120 g/mol. The molecule has 0 unspecified atom stereocenters. The van der Waals surface area contributed by atoms with Crippen LogP contribution in [0, 0.1) is 10.8 Å². The summed E-state index contributed by atoms with van der Waals surface area (Å²) >= 11 is 0. The molecule has 0 aromatic heterocycles. The summed E-state index contributed by atoms with van der Waals surface area (Å²) in [5.41, 5.74) is 1.55. The highest BCUT2D eigenvalue weighted by molar-refractivity contribution is 5.00. The Balaban J connectivity index is 1.98. The maximum atomic E-state index is 2.41. The lowest BCUT2D eigenvalue weighted by molar-refractivity contribution is -0.00679. The summed E-state index contributed by atoms with van der Waals surface area (Å²) in [5.74, 6) is 0. The minimum atomic E-state index is 0.699. The molecule has 0 nitrogen and oxygen atoms in total. The van der Waals surface area contributed by atoms with Crippen molar-refractivity contribution in [2.45, 2.75) is 52.4 Å². The Morgan fingerprint density at radius 1 is 0.900 bits per heavy atom. The molecule has 0 atom stereocenters. The van der Waals surface area contributed by atoms with Crippen molar-refractivity contribution < 1.29 is 0 Å². The summed E-state index contributed by atoms with van der Waals surface area (Å²) in [4.78, 5) is 0. The first-order valence-electron chi connectivity index (χ1n) is 4.62. The highest BCUT2D eigenvalue weighted by Gasteiger charge is 2.49. The van der Waals surface area contributed by atoms with Crippen LogP contribution in [0.5, 0.6) is 0 Å². The van der Waals surface area contributed by atoms with Crippen LogP contribution >= 0.6 is 0 Å².